The van der Waals surface area contributed by atoms with Crippen molar-refractivity contribution in [1.82, 2.24) is 15.0 Å². The van der Waals surface area contributed by atoms with E-state index in [4.69, 9.17) is 34.8 Å². The molecule has 3 heterocycles. The molecule has 0 atom stereocenters. The van der Waals surface area contributed by atoms with Crippen LogP contribution in [0.15, 0.2) is 59.9 Å². The smallest absolute Gasteiger partial charge is 0.262 e. The summed E-state index contributed by atoms with van der Waals surface area (Å²) in [6.07, 6.45) is 4.39. The summed E-state index contributed by atoms with van der Waals surface area (Å²) in [6, 6.07) is 8.41. The van der Waals surface area contributed by atoms with Crippen LogP contribution >= 0.6 is 34.8 Å². The Balaban J connectivity index is 1.78. The molecule has 30 heavy (non-hydrogen) atoms. The number of hydrogen-bond donors (Lipinski definition) is 2. The van der Waals surface area contributed by atoms with Gasteiger partial charge in [-0.3, -0.25) is 9.52 Å². The number of aromatic nitrogens is 3. The van der Waals surface area contributed by atoms with Gasteiger partial charge in [-0.2, -0.15) is 0 Å². The Morgan fingerprint density at radius 1 is 1.00 bits per heavy atom. The molecule has 0 saturated carbocycles. The van der Waals surface area contributed by atoms with Gasteiger partial charge in [-0.15, -0.1) is 0 Å². The van der Waals surface area contributed by atoms with Gasteiger partial charge in [0.1, 0.15) is 11.3 Å². The van der Waals surface area contributed by atoms with E-state index in [2.05, 4.69) is 19.7 Å². The minimum atomic E-state index is -4.10. The number of halogens is 3. The lowest BCUT2D eigenvalue weighted by atomic mass is 10.0. The SMILES string of the molecule is O=C(c1ncc(Cl)cc1NS(=O)(=O)c1ccc(Cl)c(Cl)c1)c1ccnc2[nH]ccc12. The average molecular weight is 482 g/mol. The van der Waals surface area contributed by atoms with E-state index in [1.807, 2.05) is 0 Å². The normalized spacial score (nSPS) is 11.6. The molecule has 152 valence electrons. The van der Waals surface area contributed by atoms with Gasteiger partial charge in [-0.1, -0.05) is 34.8 Å². The first kappa shape index (κ1) is 20.6. The van der Waals surface area contributed by atoms with Crippen LogP contribution in [0.25, 0.3) is 11.0 Å². The molecule has 7 nitrogen and oxygen atoms in total. The number of hydrogen-bond acceptors (Lipinski definition) is 5. The van der Waals surface area contributed by atoms with Gasteiger partial charge in [0.05, 0.1) is 25.7 Å². The fraction of sp³-hybridized carbons (Fsp3) is 0. The molecule has 0 aliphatic heterocycles. The molecule has 4 rings (SSSR count). The number of anilines is 1. The highest BCUT2D eigenvalue weighted by atomic mass is 35.5. The lowest BCUT2D eigenvalue weighted by Crippen LogP contribution is -2.17. The van der Waals surface area contributed by atoms with Crippen LogP contribution in [0.4, 0.5) is 5.69 Å². The van der Waals surface area contributed by atoms with E-state index in [1.54, 1.807) is 12.3 Å². The minimum Gasteiger partial charge on any atom is -0.346 e. The van der Waals surface area contributed by atoms with Gasteiger partial charge in [-0.05, 0) is 36.4 Å². The van der Waals surface area contributed by atoms with Crippen LogP contribution in [0.3, 0.4) is 0 Å². The largest absolute Gasteiger partial charge is 0.346 e. The predicted octanol–water partition coefficient (Wildman–Crippen LogP) is 4.95. The van der Waals surface area contributed by atoms with Crippen molar-refractivity contribution in [3.05, 3.63) is 81.3 Å². The van der Waals surface area contributed by atoms with Gasteiger partial charge in [0, 0.05) is 29.5 Å². The van der Waals surface area contributed by atoms with Gasteiger partial charge in [-0.25, -0.2) is 18.4 Å². The number of aromatic amines is 1. The molecule has 0 bridgehead atoms. The molecule has 1 aromatic carbocycles. The Labute approximate surface area is 186 Å². The highest BCUT2D eigenvalue weighted by Crippen LogP contribution is 2.29. The quantitative estimate of drug-likeness (QED) is 0.392. The van der Waals surface area contributed by atoms with Gasteiger partial charge in [0.15, 0.2) is 0 Å². The number of benzene rings is 1. The van der Waals surface area contributed by atoms with Crippen molar-refractivity contribution in [2.24, 2.45) is 0 Å². The molecular weight excluding hydrogens is 471 g/mol. The Hall–Kier alpha value is -2.65. The molecule has 4 aromatic rings. The third-order valence-electron chi connectivity index (χ3n) is 4.22. The van der Waals surface area contributed by atoms with E-state index in [9.17, 15) is 13.2 Å². The maximum atomic E-state index is 13.2. The zero-order valence-corrected chi connectivity index (χ0v) is 17.9. The van der Waals surface area contributed by atoms with E-state index >= 15 is 0 Å². The summed E-state index contributed by atoms with van der Waals surface area (Å²) in [5.74, 6) is -0.495. The summed E-state index contributed by atoms with van der Waals surface area (Å²) in [4.78, 5) is 24.2. The number of nitrogens with one attached hydrogen (secondary N) is 2. The van der Waals surface area contributed by atoms with E-state index < -0.39 is 15.8 Å². The van der Waals surface area contributed by atoms with Gasteiger partial charge in [0.2, 0.25) is 5.78 Å². The number of fused-ring (bicyclic) bond motifs is 1. The van der Waals surface area contributed by atoms with Gasteiger partial charge in [0.25, 0.3) is 10.0 Å². The molecular formula is C19H11Cl3N4O3S. The third kappa shape index (κ3) is 3.87. The van der Waals surface area contributed by atoms with Crippen molar-refractivity contribution in [1.29, 1.82) is 0 Å². The summed E-state index contributed by atoms with van der Waals surface area (Å²) in [7, 11) is -4.10. The van der Waals surface area contributed by atoms with Crippen molar-refractivity contribution in [2.45, 2.75) is 4.90 Å². The molecule has 2 N–H and O–H groups in total. The molecule has 11 heteroatoms. The Kier molecular flexibility index (Phi) is 5.42. The number of pyridine rings is 2. The first-order valence-corrected chi connectivity index (χ1v) is 11.0. The van der Waals surface area contributed by atoms with Crippen LogP contribution < -0.4 is 4.72 Å². The second-order valence-corrected chi connectivity index (χ2v) is 9.09. The van der Waals surface area contributed by atoms with Crippen LogP contribution in [0.5, 0.6) is 0 Å². The van der Waals surface area contributed by atoms with Crippen LogP contribution in [0.2, 0.25) is 15.1 Å². The molecule has 0 radical (unpaired) electrons. The second-order valence-electron chi connectivity index (χ2n) is 6.16. The number of rotatable bonds is 5. The summed E-state index contributed by atoms with van der Waals surface area (Å²) in [5.41, 5.74) is 0.648. The zero-order chi connectivity index (χ0) is 21.5. The third-order valence-corrected chi connectivity index (χ3v) is 6.53. The minimum absolute atomic E-state index is 0.0703. The molecule has 0 fully saturated rings. The standard InChI is InChI=1S/C19H11Cl3N4O3S/c20-10-7-16(26-30(28,29)11-1-2-14(21)15(22)8-11)17(25-9-10)18(27)12-3-5-23-19-13(12)4-6-24-19/h1-9,26H,(H,23,24). The molecule has 0 saturated heterocycles. The van der Waals surface area contributed by atoms with Crippen LogP contribution in [-0.4, -0.2) is 29.2 Å². The Morgan fingerprint density at radius 2 is 1.80 bits per heavy atom. The fourth-order valence-electron chi connectivity index (χ4n) is 2.83. The van der Waals surface area contributed by atoms with Gasteiger partial charge >= 0.3 is 0 Å². The molecule has 3 aromatic heterocycles. The Bertz CT molecular complexity index is 1400. The topological polar surface area (TPSA) is 105 Å². The second kappa shape index (κ2) is 7.88. The highest BCUT2D eigenvalue weighted by molar-refractivity contribution is 7.92. The number of carbonyl (C=O) groups excluding carboxylic acids is 1. The first-order valence-electron chi connectivity index (χ1n) is 8.36. The number of nitrogens with zero attached hydrogens (tertiary/aromatic N) is 2. The van der Waals surface area contributed by atoms with Crippen LogP contribution in [-0.2, 0) is 10.0 Å². The van der Waals surface area contributed by atoms with Crippen LogP contribution in [0, 0.1) is 0 Å². The summed E-state index contributed by atoms with van der Waals surface area (Å²) >= 11 is 17.8. The van der Waals surface area contributed by atoms with Crippen LogP contribution in [0.1, 0.15) is 16.1 Å². The van der Waals surface area contributed by atoms with Crippen molar-refractivity contribution in [3.8, 4) is 0 Å². The maximum absolute atomic E-state index is 13.2. The monoisotopic (exact) mass is 480 g/mol. The average Bonchev–Trinajstić information content (AvgIpc) is 3.18. The number of sulfonamides is 1. The van der Waals surface area contributed by atoms with Gasteiger partial charge < -0.3 is 4.98 Å². The van der Waals surface area contributed by atoms with E-state index in [-0.39, 0.29) is 31.3 Å². The molecule has 0 amide bonds. The fourth-order valence-corrected chi connectivity index (χ4v) is 4.44. The summed E-state index contributed by atoms with van der Waals surface area (Å²) in [6.45, 7) is 0. The number of H-pyrrole nitrogens is 1. The van der Waals surface area contributed by atoms with Crippen molar-refractivity contribution in [3.63, 3.8) is 0 Å². The Morgan fingerprint density at radius 3 is 2.57 bits per heavy atom. The highest BCUT2D eigenvalue weighted by Gasteiger charge is 2.23. The summed E-state index contributed by atoms with van der Waals surface area (Å²) < 4.78 is 28.1. The van der Waals surface area contributed by atoms with Crippen molar-refractivity contribution >= 4 is 67.3 Å². The lowest BCUT2D eigenvalue weighted by Gasteiger charge is -2.13. The summed E-state index contributed by atoms with van der Waals surface area (Å²) in [5, 5.41) is 1.02. The molecule has 0 aliphatic carbocycles. The maximum Gasteiger partial charge on any atom is 0.262 e. The first-order chi connectivity index (χ1) is 14.3. The van der Waals surface area contributed by atoms with E-state index in [0.717, 1.165) is 0 Å². The predicted molar refractivity (Wildman–Crippen MR) is 116 cm³/mol. The molecule has 0 unspecified atom stereocenters. The molecule has 0 spiro atoms. The number of ketones is 1. The van der Waals surface area contributed by atoms with E-state index in [0.29, 0.717) is 16.6 Å². The van der Waals surface area contributed by atoms with Crippen molar-refractivity contribution < 1.29 is 13.2 Å². The van der Waals surface area contributed by atoms with Crippen molar-refractivity contribution in [2.75, 3.05) is 4.72 Å². The lowest BCUT2D eigenvalue weighted by molar-refractivity contribution is 0.103. The zero-order valence-electron chi connectivity index (χ0n) is 14.9. The molecule has 0 aliphatic rings. The number of carbonyl (C=O) groups is 1. The van der Waals surface area contributed by atoms with E-state index in [1.165, 1.54) is 42.7 Å².